The monoisotopic (exact) mass is 453 g/mol. The van der Waals surface area contributed by atoms with Crippen LogP contribution in [0.15, 0.2) is 35.1 Å². The van der Waals surface area contributed by atoms with Gasteiger partial charge in [-0.1, -0.05) is 37.5 Å². The van der Waals surface area contributed by atoms with Crippen LogP contribution >= 0.6 is 11.3 Å². The van der Waals surface area contributed by atoms with Gasteiger partial charge in [0, 0.05) is 17.5 Å². The number of nitrogens with zero attached hydrogens (tertiary/aromatic N) is 2. The fourth-order valence-corrected chi connectivity index (χ4v) is 6.42. The number of hydrogen-bond donors (Lipinski definition) is 2. The van der Waals surface area contributed by atoms with Gasteiger partial charge >= 0.3 is 0 Å². The minimum atomic E-state index is -0.613. The molecule has 1 fully saturated rings. The fraction of sp³-hybridized carbons (Fsp3) is 0.520. The van der Waals surface area contributed by atoms with Crippen molar-refractivity contribution in [3.05, 3.63) is 57.0 Å². The van der Waals surface area contributed by atoms with Crippen LogP contribution in [0, 0.1) is 0 Å². The highest BCUT2D eigenvalue weighted by Gasteiger charge is 2.26. The molecule has 2 heterocycles. The van der Waals surface area contributed by atoms with Crippen LogP contribution in [-0.2, 0) is 19.4 Å². The standard InChI is InChI=1S/C25H31N3O3S/c29-18(16-31-19-10-5-2-6-11-19)14-28(17-8-3-1-4-9-17)15-22-26-24(30)23-20-12-7-13-21(20)32-25(23)27-22/h2,5-6,10-11,17-18,29H,1,3-4,7-9,12-16H2,(H,26,27,30)/t18-/m0/s1. The lowest BCUT2D eigenvalue weighted by molar-refractivity contribution is 0.0387. The van der Waals surface area contributed by atoms with Gasteiger partial charge in [-0.25, -0.2) is 4.98 Å². The van der Waals surface area contributed by atoms with E-state index in [2.05, 4.69) is 9.88 Å². The Morgan fingerprint density at radius 2 is 1.97 bits per heavy atom. The highest BCUT2D eigenvalue weighted by molar-refractivity contribution is 7.18. The molecule has 5 rings (SSSR count). The summed E-state index contributed by atoms with van der Waals surface area (Å²) in [6.07, 6.45) is 8.49. The Kier molecular flexibility index (Phi) is 6.57. The smallest absolute Gasteiger partial charge is 0.259 e. The second-order valence-corrected chi connectivity index (χ2v) is 10.1. The maximum absolute atomic E-state index is 12.9. The van der Waals surface area contributed by atoms with Crippen LogP contribution in [0.4, 0.5) is 0 Å². The summed E-state index contributed by atoms with van der Waals surface area (Å²) >= 11 is 1.68. The molecular formula is C25H31N3O3S. The molecule has 32 heavy (non-hydrogen) atoms. The molecular weight excluding hydrogens is 422 g/mol. The van der Waals surface area contributed by atoms with Gasteiger partial charge in [-0.15, -0.1) is 11.3 Å². The Bertz CT molecular complexity index is 1100. The second kappa shape index (κ2) is 9.73. The quantitative estimate of drug-likeness (QED) is 0.538. The van der Waals surface area contributed by atoms with E-state index in [0.717, 1.165) is 48.1 Å². The zero-order chi connectivity index (χ0) is 21.9. The number of aliphatic hydroxyl groups excluding tert-OH is 1. The minimum Gasteiger partial charge on any atom is -0.491 e. The van der Waals surface area contributed by atoms with Gasteiger partial charge in [0.15, 0.2) is 0 Å². The minimum absolute atomic E-state index is 0.0130. The largest absolute Gasteiger partial charge is 0.491 e. The van der Waals surface area contributed by atoms with Crippen LogP contribution in [0.25, 0.3) is 10.2 Å². The van der Waals surface area contributed by atoms with E-state index in [9.17, 15) is 9.90 Å². The molecule has 6 nitrogen and oxygen atoms in total. The maximum Gasteiger partial charge on any atom is 0.259 e. The Morgan fingerprint density at radius 1 is 1.16 bits per heavy atom. The Hall–Kier alpha value is -2.22. The van der Waals surface area contributed by atoms with Gasteiger partial charge < -0.3 is 14.8 Å². The van der Waals surface area contributed by atoms with E-state index in [1.807, 2.05) is 30.3 Å². The third-order valence-corrected chi connectivity index (χ3v) is 7.88. The van der Waals surface area contributed by atoms with Gasteiger partial charge in [-0.05, 0) is 49.8 Å². The predicted octanol–water partition coefficient (Wildman–Crippen LogP) is 4.05. The third kappa shape index (κ3) is 4.75. The molecule has 170 valence electrons. The number of nitrogens with one attached hydrogen (secondary N) is 1. The number of benzene rings is 1. The van der Waals surface area contributed by atoms with Crippen molar-refractivity contribution in [2.75, 3.05) is 13.2 Å². The Morgan fingerprint density at radius 3 is 2.78 bits per heavy atom. The molecule has 2 aromatic heterocycles. The third-order valence-electron chi connectivity index (χ3n) is 6.70. The number of aliphatic hydroxyl groups is 1. The molecule has 0 aliphatic heterocycles. The molecule has 0 spiro atoms. The van der Waals surface area contributed by atoms with Crippen molar-refractivity contribution in [1.82, 2.24) is 14.9 Å². The summed E-state index contributed by atoms with van der Waals surface area (Å²) in [5.41, 5.74) is 1.20. The van der Waals surface area contributed by atoms with E-state index >= 15 is 0 Å². The highest BCUT2D eigenvalue weighted by Crippen LogP contribution is 2.34. The van der Waals surface area contributed by atoms with Gasteiger partial charge in [0.25, 0.3) is 5.56 Å². The lowest BCUT2D eigenvalue weighted by Gasteiger charge is -2.35. The molecule has 2 N–H and O–H groups in total. The first-order chi connectivity index (χ1) is 15.7. The van der Waals surface area contributed by atoms with Crippen molar-refractivity contribution in [1.29, 1.82) is 0 Å². The van der Waals surface area contributed by atoms with E-state index in [1.165, 1.54) is 29.7 Å². The topological polar surface area (TPSA) is 78.5 Å². The number of aromatic amines is 1. The number of para-hydroxylation sites is 1. The lowest BCUT2D eigenvalue weighted by atomic mass is 9.94. The zero-order valence-electron chi connectivity index (χ0n) is 18.4. The summed E-state index contributed by atoms with van der Waals surface area (Å²) < 4.78 is 5.77. The summed E-state index contributed by atoms with van der Waals surface area (Å²) in [7, 11) is 0. The van der Waals surface area contributed by atoms with Gasteiger partial charge in [0.1, 0.15) is 29.1 Å². The van der Waals surface area contributed by atoms with E-state index < -0.39 is 6.10 Å². The van der Waals surface area contributed by atoms with Crippen molar-refractivity contribution in [2.45, 2.75) is 70.1 Å². The highest BCUT2D eigenvalue weighted by atomic mass is 32.1. The van der Waals surface area contributed by atoms with Crippen molar-refractivity contribution >= 4 is 21.6 Å². The molecule has 3 aromatic rings. The fourth-order valence-electron chi connectivity index (χ4n) is 5.14. The first kappa shape index (κ1) is 21.6. The Labute approximate surface area is 192 Å². The van der Waals surface area contributed by atoms with Crippen LogP contribution in [0.2, 0.25) is 0 Å². The average Bonchev–Trinajstić information content (AvgIpc) is 3.39. The zero-order valence-corrected chi connectivity index (χ0v) is 19.2. The van der Waals surface area contributed by atoms with Gasteiger partial charge in [-0.2, -0.15) is 0 Å². The van der Waals surface area contributed by atoms with E-state index in [-0.39, 0.29) is 12.2 Å². The first-order valence-corrected chi connectivity index (χ1v) is 12.6. The van der Waals surface area contributed by atoms with Gasteiger partial charge in [0.2, 0.25) is 0 Å². The van der Waals surface area contributed by atoms with Crippen molar-refractivity contribution in [2.24, 2.45) is 0 Å². The first-order valence-electron chi connectivity index (χ1n) is 11.8. The molecule has 0 bridgehead atoms. The van der Waals surface area contributed by atoms with Crippen molar-refractivity contribution < 1.29 is 9.84 Å². The second-order valence-electron chi connectivity index (χ2n) is 9.05. The SMILES string of the molecule is O=c1[nH]c(CN(C[C@H](O)COc2ccccc2)C2CCCCC2)nc2sc3c(c12)CCC3. The number of ether oxygens (including phenoxy) is 1. The normalized spacial score (nSPS) is 17.7. The van der Waals surface area contributed by atoms with E-state index in [0.29, 0.717) is 25.0 Å². The molecule has 2 aliphatic rings. The van der Waals surface area contributed by atoms with Crippen LogP contribution in [0.5, 0.6) is 5.75 Å². The number of fused-ring (bicyclic) bond motifs is 3. The van der Waals surface area contributed by atoms with Gasteiger partial charge in [0.05, 0.1) is 11.9 Å². The van der Waals surface area contributed by atoms with Gasteiger partial charge in [-0.3, -0.25) is 9.69 Å². The number of hydrogen-bond acceptors (Lipinski definition) is 6. The molecule has 1 saturated carbocycles. The van der Waals surface area contributed by atoms with Crippen molar-refractivity contribution in [3.63, 3.8) is 0 Å². The number of thiophene rings is 1. The van der Waals surface area contributed by atoms with E-state index in [1.54, 1.807) is 11.3 Å². The summed E-state index contributed by atoms with van der Waals surface area (Å²) in [6, 6.07) is 9.98. The average molecular weight is 454 g/mol. The summed E-state index contributed by atoms with van der Waals surface area (Å²) in [5, 5.41) is 11.5. The number of H-pyrrole nitrogens is 1. The number of rotatable bonds is 8. The number of aryl methyl sites for hydroxylation is 2. The van der Waals surface area contributed by atoms with Crippen LogP contribution < -0.4 is 10.3 Å². The molecule has 0 amide bonds. The predicted molar refractivity (Wildman–Crippen MR) is 127 cm³/mol. The molecule has 7 heteroatoms. The molecule has 2 aliphatic carbocycles. The summed E-state index contributed by atoms with van der Waals surface area (Å²) in [6.45, 7) is 1.29. The summed E-state index contributed by atoms with van der Waals surface area (Å²) in [4.78, 5) is 25.3. The maximum atomic E-state index is 12.9. The molecule has 0 saturated heterocycles. The summed E-state index contributed by atoms with van der Waals surface area (Å²) in [5.74, 6) is 1.46. The van der Waals surface area contributed by atoms with Crippen LogP contribution in [0.1, 0.15) is 54.8 Å². The molecule has 0 radical (unpaired) electrons. The van der Waals surface area contributed by atoms with E-state index in [4.69, 9.17) is 9.72 Å². The number of aromatic nitrogens is 2. The molecule has 1 aromatic carbocycles. The molecule has 0 unspecified atom stereocenters. The molecule has 1 atom stereocenters. The Balaban J connectivity index is 1.32. The van der Waals surface area contributed by atoms with Crippen molar-refractivity contribution in [3.8, 4) is 5.75 Å². The van der Waals surface area contributed by atoms with Crippen LogP contribution in [0.3, 0.4) is 0 Å². The van der Waals surface area contributed by atoms with Crippen LogP contribution in [-0.4, -0.2) is 45.3 Å². The lowest BCUT2D eigenvalue weighted by Crippen LogP contribution is -2.43.